The minimum atomic E-state index is -0.272. The number of aromatic nitrogens is 2. The molecule has 3 aromatic rings. The summed E-state index contributed by atoms with van der Waals surface area (Å²) in [5.74, 6) is -0.272. The number of rotatable bonds is 4. The van der Waals surface area contributed by atoms with Crippen molar-refractivity contribution in [1.82, 2.24) is 9.97 Å². The average molecular weight is 441 g/mol. The normalized spacial score (nSPS) is 17.6. The molecule has 4 heterocycles. The molecule has 0 bridgehead atoms. The molecular weight excluding hydrogens is 420 g/mol. The molecule has 8 heteroatoms. The maximum Gasteiger partial charge on any atom is 0.276 e. The first-order chi connectivity index (χ1) is 14.6. The van der Waals surface area contributed by atoms with E-state index < -0.39 is 0 Å². The molecule has 5 rings (SSSR count). The highest BCUT2D eigenvalue weighted by molar-refractivity contribution is 7.14. The molecule has 1 N–H and O–H groups in total. The summed E-state index contributed by atoms with van der Waals surface area (Å²) in [6.07, 6.45) is 4.07. The zero-order valence-electron chi connectivity index (χ0n) is 16.3. The van der Waals surface area contributed by atoms with E-state index in [2.05, 4.69) is 20.2 Å². The fraction of sp³-hybridized carbons (Fsp3) is 0.318. The van der Waals surface area contributed by atoms with Crippen LogP contribution in [-0.4, -0.2) is 42.2 Å². The molecule has 2 aromatic heterocycles. The van der Waals surface area contributed by atoms with Crippen molar-refractivity contribution in [2.45, 2.75) is 12.8 Å². The Labute approximate surface area is 183 Å². The van der Waals surface area contributed by atoms with Crippen LogP contribution in [0.5, 0.6) is 0 Å². The van der Waals surface area contributed by atoms with E-state index in [0.717, 1.165) is 56.1 Å². The molecule has 0 aliphatic carbocycles. The fourth-order valence-corrected chi connectivity index (χ4v) is 4.85. The highest BCUT2D eigenvalue weighted by Gasteiger charge is 2.41. The molecule has 1 amide bonds. The maximum atomic E-state index is 12.6. The van der Waals surface area contributed by atoms with Crippen molar-refractivity contribution in [3.8, 4) is 11.3 Å². The van der Waals surface area contributed by atoms with Crippen molar-refractivity contribution < 1.29 is 9.53 Å². The van der Waals surface area contributed by atoms with Gasteiger partial charge in [-0.2, -0.15) is 0 Å². The van der Waals surface area contributed by atoms with Gasteiger partial charge in [-0.05, 0) is 31.0 Å². The molecule has 1 aromatic carbocycles. The van der Waals surface area contributed by atoms with E-state index in [-0.39, 0.29) is 5.91 Å². The number of amides is 1. The van der Waals surface area contributed by atoms with Crippen LogP contribution in [0, 0.1) is 5.41 Å². The van der Waals surface area contributed by atoms with Crippen molar-refractivity contribution in [3.05, 3.63) is 58.7 Å². The second-order valence-electron chi connectivity index (χ2n) is 7.85. The van der Waals surface area contributed by atoms with Crippen LogP contribution in [0.25, 0.3) is 11.3 Å². The highest BCUT2D eigenvalue weighted by atomic mass is 35.5. The van der Waals surface area contributed by atoms with Gasteiger partial charge in [-0.3, -0.25) is 10.1 Å². The van der Waals surface area contributed by atoms with E-state index in [1.807, 2.05) is 35.7 Å². The number of nitrogens with one attached hydrogen (secondary N) is 1. The lowest BCUT2D eigenvalue weighted by Gasteiger charge is -2.47. The first kappa shape index (κ1) is 19.5. The molecule has 154 valence electrons. The van der Waals surface area contributed by atoms with Crippen LogP contribution in [0.3, 0.4) is 0 Å². The number of nitrogens with zero attached hydrogens (tertiary/aromatic N) is 3. The van der Waals surface area contributed by atoms with Crippen molar-refractivity contribution >= 4 is 39.7 Å². The van der Waals surface area contributed by atoms with Crippen molar-refractivity contribution in [2.75, 3.05) is 36.5 Å². The van der Waals surface area contributed by atoms with Crippen LogP contribution in [-0.2, 0) is 4.74 Å². The number of ether oxygens (including phenoxy) is 1. The van der Waals surface area contributed by atoms with Crippen LogP contribution in [0.1, 0.15) is 23.3 Å². The Bertz CT molecular complexity index is 1060. The Morgan fingerprint density at radius 1 is 1.17 bits per heavy atom. The standard InChI is InChI=1S/C22H21ClN4O2S/c23-17-4-2-1-3-16(17)19-12-30-21(25-19)26-20(28)18-6-5-15(11-24-18)27-9-7-22(8-10-27)13-29-14-22/h1-6,11-12H,7-10,13-14H2,(H,25,26,28). The smallest absolute Gasteiger partial charge is 0.276 e. The summed E-state index contributed by atoms with van der Waals surface area (Å²) < 4.78 is 5.39. The van der Waals surface area contributed by atoms with E-state index in [1.54, 1.807) is 12.3 Å². The zero-order chi connectivity index (χ0) is 20.6. The minimum Gasteiger partial charge on any atom is -0.380 e. The molecule has 0 unspecified atom stereocenters. The molecular formula is C22H21ClN4O2S. The summed E-state index contributed by atoms with van der Waals surface area (Å²) in [5, 5.41) is 5.86. The van der Waals surface area contributed by atoms with Crippen LogP contribution in [0.15, 0.2) is 48.0 Å². The summed E-state index contributed by atoms with van der Waals surface area (Å²) in [5.41, 5.74) is 3.41. The third kappa shape index (κ3) is 3.80. The summed E-state index contributed by atoms with van der Waals surface area (Å²) in [6, 6.07) is 11.2. The third-order valence-corrected chi connectivity index (χ3v) is 6.95. The lowest BCUT2D eigenvalue weighted by Crippen LogP contribution is -2.50. The van der Waals surface area contributed by atoms with Crippen LogP contribution in [0.2, 0.25) is 5.02 Å². The molecule has 0 radical (unpaired) electrons. The van der Waals surface area contributed by atoms with Crippen molar-refractivity contribution in [1.29, 1.82) is 0 Å². The molecule has 2 aliphatic heterocycles. The van der Waals surface area contributed by atoms with E-state index in [4.69, 9.17) is 16.3 Å². The van der Waals surface area contributed by atoms with E-state index >= 15 is 0 Å². The van der Waals surface area contributed by atoms with Gasteiger partial charge in [0.05, 0.1) is 30.8 Å². The van der Waals surface area contributed by atoms with Crippen LogP contribution < -0.4 is 10.2 Å². The van der Waals surface area contributed by atoms with Gasteiger partial charge in [-0.15, -0.1) is 11.3 Å². The Morgan fingerprint density at radius 3 is 2.63 bits per heavy atom. The molecule has 2 saturated heterocycles. The first-order valence-electron chi connectivity index (χ1n) is 9.92. The second-order valence-corrected chi connectivity index (χ2v) is 9.12. The summed E-state index contributed by atoms with van der Waals surface area (Å²) in [6.45, 7) is 3.79. The van der Waals surface area contributed by atoms with Gasteiger partial charge < -0.3 is 9.64 Å². The summed E-state index contributed by atoms with van der Waals surface area (Å²) in [7, 11) is 0. The lowest BCUT2D eigenvalue weighted by atomic mass is 9.77. The number of hydrogen-bond donors (Lipinski definition) is 1. The van der Waals surface area contributed by atoms with E-state index in [0.29, 0.717) is 21.3 Å². The Balaban J connectivity index is 1.22. The van der Waals surface area contributed by atoms with Gasteiger partial charge in [0.1, 0.15) is 5.69 Å². The molecule has 30 heavy (non-hydrogen) atoms. The van der Waals surface area contributed by atoms with Crippen LogP contribution >= 0.6 is 22.9 Å². The Kier molecular flexibility index (Phi) is 5.18. The highest BCUT2D eigenvalue weighted by Crippen LogP contribution is 2.39. The summed E-state index contributed by atoms with van der Waals surface area (Å²) in [4.78, 5) is 23.8. The van der Waals surface area contributed by atoms with Crippen molar-refractivity contribution in [2.24, 2.45) is 5.41 Å². The summed E-state index contributed by atoms with van der Waals surface area (Å²) >= 11 is 7.59. The minimum absolute atomic E-state index is 0.272. The van der Waals surface area contributed by atoms with E-state index in [1.165, 1.54) is 11.3 Å². The number of piperidine rings is 1. The monoisotopic (exact) mass is 440 g/mol. The molecule has 2 aliphatic rings. The molecule has 6 nitrogen and oxygen atoms in total. The van der Waals surface area contributed by atoms with Crippen LogP contribution in [0.4, 0.5) is 10.8 Å². The molecule has 2 fully saturated rings. The van der Waals surface area contributed by atoms with Crippen molar-refractivity contribution in [3.63, 3.8) is 0 Å². The van der Waals surface area contributed by atoms with Gasteiger partial charge in [0.25, 0.3) is 5.91 Å². The number of halogens is 1. The van der Waals surface area contributed by atoms with Gasteiger partial charge >= 0.3 is 0 Å². The SMILES string of the molecule is O=C(Nc1nc(-c2ccccc2Cl)cs1)c1ccc(N2CCC3(CC2)COC3)cn1. The predicted octanol–water partition coefficient (Wildman–Crippen LogP) is 4.73. The predicted molar refractivity (Wildman–Crippen MR) is 119 cm³/mol. The fourth-order valence-electron chi connectivity index (χ4n) is 3.91. The number of benzene rings is 1. The second kappa shape index (κ2) is 7.98. The van der Waals surface area contributed by atoms with Gasteiger partial charge in [-0.25, -0.2) is 9.97 Å². The number of pyridine rings is 1. The molecule has 0 saturated carbocycles. The maximum absolute atomic E-state index is 12.6. The largest absolute Gasteiger partial charge is 0.380 e. The van der Waals surface area contributed by atoms with E-state index in [9.17, 15) is 4.79 Å². The Morgan fingerprint density at radius 2 is 1.97 bits per heavy atom. The quantitative estimate of drug-likeness (QED) is 0.635. The van der Waals surface area contributed by atoms with Gasteiger partial charge in [0, 0.05) is 34.5 Å². The zero-order valence-corrected chi connectivity index (χ0v) is 17.9. The third-order valence-electron chi connectivity index (χ3n) is 5.86. The number of carbonyl (C=O) groups excluding carboxylic acids is 1. The molecule has 1 spiro atoms. The topological polar surface area (TPSA) is 67.4 Å². The molecule has 0 atom stereocenters. The van der Waals surface area contributed by atoms with Gasteiger partial charge in [0.2, 0.25) is 0 Å². The number of thiazole rings is 1. The van der Waals surface area contributed by atoms with Gasteiger partial charge in [-0.1, -0.05) is 29.8 Å². The lowest BCUT2D eigenvalue weighted by molar-refractivity contribution is -0.124. The average Bonchev–Trinajstić information content (AvgIpc) is 3.21. The Hall–Kier alpha value is -2.48. The first-order valence-corrected chi connectivity index (χ1v) is 11.2. The number of hydrogen-bond acceptors (Lipinski definition) is 6. The number of anilines is 2. The van der Waals surface area contributed by atoms with Gasteiger partial charge in [0.15, 0.2) is 5.13 Å². The number of carbonyl (C=O) groups is 1.